The lowest BCUT2D eigenvalue weighted by molar-refractivity contribution is -0.207. The number of ketones is 1. The van der Waals surface area contributed by atoms with Gasteiger partial charge in [-0.3, -0.25) is 19.1 Å². The van der Waals surface area contributed by atoms with E-state index in [0.717, 1.165) is 62.5 Å². The van der Waals surface area contributed by atoms with Gasteiger partial charge in [-0.2, -0.15) is 5.10 Å². The highest BCUT2D eigenvalue weighted by Gasteiger charge is 2.72. The molecular formula is C47H58N2O5. The van der Waals surface area contributed by atoms with Gasteiger partial charge in [0.2, 0.25) is 0 Å². The summed E-state index contributed by atoms with van der Waals surface area (Å²) in [6, 6.07) is 21.8. The molecule has 3 aromatic rings. The standard InChI is InChI=1S/C47H58N2O5/c1-42-23-24-43(2,40(51)54-38(31-15-10-8-11-16-31)32-17-12-9-13-18-32)30-34(42)33-29-35(50)39-44(3)21-20-37(49-28-14-27-48-49)47(6,41(52)53-7)36(44)19-22-46(39,5)45(33,4)26-25-42/h8-18,27-29,34,36-39H,19-26,30H2,1-7H3/t34-,36+,37-,39+,42+,43-,44-,45+,46+,47-/m0/s1. The predicted molar refractivity (Wildman–Crippen MR) is 208 cm³/mol. The fraction of sp³-hybridized carbons (Fsp3) is 0.574. The molecule has 4 fully saturated rings. The van der Waals surface area contributed by atoms with Crippen LogP contribution in [0.2, 0.25) is 0 Å². The van der Waals surface area contributed by atoms with Crippen molar-refractivity contribution in [3.05, 3.63) is 102 Å². The van der Waals surface area contributed by atoms with E-state index in [1.165, 1.54) is 12.7 Å². The van der Waals surface area contributed by atoms with E-state index >= 15 is 4.79 Å². The van der Waals surface area contributed by atoms with Gasteiger partial charge in [-0.15, -0.1) is 0 Å². The summed E-state index contributed by atoms with van der Waals surface area (Å²) in [6.45, 7) is 13.7. The molecule has 54 heavy (non-hydrogen) atoms. The van der Waals surface area contributed by atoms with Crippen molar-refractivity contribution in [2.45, 2.75) is 111 Å². The number of fused-ring (bicyclic) bond motifs is 7. The highest BCUT2D eigenvalue weighted by Crippen LogP contribution is 2.76. The Hall–Kier alpha value is -4.00. The molecule has 0 aliphatic heterocycles. The van der Waals surface area contributed by atoms with Crippen molar-refractivity contribution in [3.63, 3.8) is 0 Å². The van der Waals surface area contributed by atoms with Crippen LogP contribution in [0.5, 0.6) is 0 Å². The first-order valence-electron chi connectivity index (χ1n) is 20.3. The van der Waals surface area contributed by atoms with E-state index in [-0.39, 0.29) is 57.8 Å². The molecule has 8 rings (SSSR count). The van der Waals surface area contributed by atoms with Gasteiger partial charge in [0.15, 0.2) is 11.9 Å². The molecule has 2 aromatic carbocycles. The summed E-state index contributed by atoms with van der Waals surface area (Å²) >= 11 is 0. The van der Waals surface area contributed by atoms with Crippen LogP contribution in [0.15, 0.2) is 90.8 Å². The first kappa shape index (κ1) is 36.9. The van der Waals surface area contributed by atoms with E-state index < -0.39 is 22.3 Å². The topological polar surface area (TPSA) is 87.5 Å². The number of methoxy groups -OCH3 is 1. The maximum atomic E-state index is 15.1. The number of hydrogen-bond acceptors (Lipinski definition) is 6. The average molecular weight is 731 g/mol. The minimum absolute atomic E-state index is 0.000738. The Morgan fingerprint density at radius 3 is 2.06 bits per heavy atom. The smallest absolute Gasteiger partial charge is 0.314 e. The molecule has 0 unspecified atom stereocenters. The third-order valence-electron chi connectivity index (χ3n) is 16.6. The monoisotopic (exact) mass is 730 g/mol. The highest BCUT2D eigenvalue weighted by atomic mass is 16.5. The molecule has 5 aliphatic rings. The number of rotatable bonds is 6. The second kappa shape index (κ2) is 12.8. The van der Waals surface area contributed by atoms with Crippen LogP contribution in [-0.4, -0.2) is 34.6 Å². The molecule has 10 atom stereocenters. The number of nitrogens with zero attached hydrogens (tertiary/aromatic N) is 2. The van der Waals surface area contributed by atoms with Gasteiger partial charge < -0.3 is 9.47 Å². The summed E-state index contributed by atoms with van der Waals surface area (Å²) in [6.07, 6.45) is 13.0. The number of carbonyl (C=O) groups excluding carboxylic acids is 3. The number of carbonyl (C=O) groups is 3. The summed E-state index contributed by atoms with van der Waals surface area (Å²) in [5.41, 5.74) is 0.742. The fourth-order valence-electron chi connectivity index (χ4n) is 13.2. The quantitative estimate of drug-likeness (QED) is 0.235. The minimum Gasteiger partial charge on any atom is -0.469 e. The third-order valence-corrected chi connectivity index (χ3v) is 16.6. The van der Waals surface area contributed by atoms with Crippen LogP contribution >= 0.6 is 0 Å². The molecule has 7 heteroatoms. The second-order valence-electron chi connectivity index (χ2n) is 19.2. The van der Waals surface area contributed by atoms with Crippen LogP contribution in [0.4, 0.5) is 0 Å². The normalized spacial score (nSPS) is 40.0. The van der Waals surface area contributed by atoms with E-state index in [1.807, 2.05) is 83.7 Å². The molecule has 0 spiro atoms. The van der Waals surface area contributed by atoms with Crippen molar-refractivity contribution in [2.24, 2.45) is 50.2 Å². The molecule has 0 amide bonds. The van der Waals surface area contributed by atoms with E-state index in [1.54, 1.807) is 6.20 Å². The Kier molecular flexibility index (Phi) is 8.74. The van der Waals surface area contributed by atoms with Crippen LogP contribution in [0.1, 0.15) is 123 Å². The van der Waals surface area contributed by atoms with Crippen LogP contribution in [0.3, 0.4) is 0 Å². The maximum Gasteiger partial charge on any atom is 0.314 e. The molecule has 1 aromatic heterocycles. The zero-order valence-electron chi connectivity index (χ0n) is 33.3. The van der Waals surface area contributed by atoms with Gasteiger partial charge in [0, 0.05) is 18.3 Å². The summed E-state index contributed by atoms with van der Waals surface area (Å²) in [4.78, 5) is 43.6. The van der Waals surface area contributed by atoms with Crippen molar-refractivity contribution < 1.29 is 23.9 Å². The summed E-state index contributed by atoms with van der Waals surface area (Å²) in [7, 11) is 1.49. The minimum atomic E-state index is -0.825. The van der Waals surface area contributed by atoms with Crippen LogP contribution < -0.4 is 0 Å². The first-order chi connectivity index (χ1) is 25.6. The number of hydrogen-bond donors (Lipinski definition) is 0. The van der Waals surface area contributed by atoms with Crippen molar-refractivity contribution in [2.75, 3.05) is 7.11 Å². The van der Waals surface area contributed by atoms with Gasteiger partial charge in [-0.25, -0.2) is 0 Å². The van der Waals surface area contributed by atoms with E-state index in [9.17, 15) is 9.59 Å². The Balaban J connectivity index is 1.14. The van der Waals surface area contributed by atoms with Gasteiger partial charge in [0.1, 0.15) is 0 Å². The Bertz CT molecular complexity index is 1920. The number of esters is 2. The van der Waals surface area contributed by atoms with Gasteiger partial charge in [-0.1, -0.05) is 93.9 Å². The van der Waals surface area contributed by atoms with Gasteiger partial charge in [0.05, 0.1) is 24.0 Å². The summed E-state index contributed by atoms with van der Waals surface area (Å²) < 4.78 is 14.1. The molecular weight excluding hydrogens is 673 g/mol. The Morgan fingerprint density at radius 1 is 0.796 bits per heavy atom. The number of ether oxygens (including phenoxy) is 2. The fourth-order valence-corrected chi connectivity index (χ4v) is 13.2. The maximum absolute atomic E-state index is 15.1. The Labute approximate surface area is 321 Å². The summed E-state index contributed by atoms with van der Waals surface area (Å²) in [5, 5.41) is 4.60. The molecule has 0 bridgehead atoms. The van der Waals surface area contributed by atoms with Gasteiger partial charge >= 0.3 is 11.9 Å². The third kappa shape index (κ3) is 5.19. The van der Waals surface area contributed by atoms with E-state index in [2.05, 4.69) is 46.6 Å². The summed E-state index contributed by atoms with van der Waals surface area (Å²) in [5.74, 6) is -0.333. The average Bonchev–Trinajstić information content (AvgIpc) is 3.70. The number of aromatic nitrogens is 2. The first-order valence-corrected chi connectivity index (χ1v) is 20.3. The van der Waals surface area contributed by atoms with Crippen molar-refractivity contribution >= 4 is 17.7 Å². The van der Waals surface area contributed by atoms with E-state index in [0.29, 0.717) is 6.42 Å². The lowest BCUT2D eigenvalue weighted by Crippen LogP contribution is -2.67. The lowest BCUT2D eigenvalue weighted by Gasteiger charge is -2.70. The molecule has 0 radical (unpaired) electrons. The molecule has 0 N–H and O–H groups in total. The number of benzene rings is 2. The number of allylic oxidation sites excluding steroid dienone is 2. The zero-order chi connectivity index (χ0) is 38.3. The predicted octanol–water partition coefficient (Wildman–Crippen LogP) is 9.89. The largest absolute Gasteiger partial charge is 0.469 e. The highest BCUT2D eigenvalue weighted by molar-refractivity contribution is 5.96. The van der Waals surface area contributed by atoms with Crippen molar-refractivity contribution in [1.29, 1.82) is 0 Å². The molecule has 286 valence electrons. The lowest BCUT2D eigenvalue weighted by atomic mass is 9.33. The molecule has 4 saturated carbocycles. The molecule has 5 aliphatic carbocycles. The zero-order valence-corrected chi connectivity index (χ0v) is 33.3. The van der Waals surface area contributed by atoms with E-state index in [4.69, 9.17) is 9.47 Å². The van der Waals surface area contributed by atoms with Crippen molar-refractivity contribution in [1.82, 2.24) is 9.78 Å². The van der Waals surface area contributed by atoms with Crippen molar-refractivity contribution in [3.8, 4) is 0 Å². The SMILES string of the molecule is COC(=O)[C@]1(C)[C@@H](n2cccn2)CC[C@@]2(C)[C@H]1CC[C@]1(C)[C@@H]2C(=O)C=C2[C@@H]3C[C@@](C)(C(=O)OC(c4ccccc4)c4ccccc4)CC[C@]3(C)CC[C@]21C. The van der Waals surface area contributed by atoms with Crippen LogP contribution in [-0.2, 0) is 23.9 Å². The second-order valence-corrected chi connectivity index (χ2v) is 19.2. The van der Waals surface area contributed by atoms with Crippen LogP contribution in [0.25, 0.3) is 0 Å². The van der Waals surface area contributed by atoms with Gasteiger partial charge in [0.25, 0.3) is 0 Å². The molecule has 1 heterocycles. The van der Waals surface area contributed by atoms with Gasteiger partial charge in [-0.05, 0) is 128 Å². The van der Waals surface area contributed by atoms with Crippen LogP contribution in [0, 0.1) is 50.2 Å². The molecule has 7 nitrogen and oxygen atoms in total. The Morgan fingerprint density at radius 2 is 1.44 bits per heavy atom. The molecule has 0 saturated heterocycles.